The lowest BCUT2D eigenvalue weighted by Gasteiger charge is -2.16. The predicted octanol–water partition coefficient (Wildman–Crippen LogP) is 1.83. The van der Waals surface area contributed by atoms with Gasteiger partial charge in [-0.2, -0.15) is 0 Å². The SMILES string of the molecule is O=C(O)CC(NC(=O)c1ccnc(Br)c1)C1CC1. The summed E-state index contributed by atoms with van der Waals surface area (Å²) >= 11 is 3.19. The molecule has 1 atom stereocenters. The largest absolute Gasteiger partial charge is 0.481 e. The molecule has 1 aromatic heterocycles. The summed E-state index contributed by atoms with van der Waals surface area (Å²) in [5.74, 6) is -0.838. The van der Waals surface area contributed by atoms with Gasteiger partial charge in [-0.25, -0.2) is 4.98 Å². The number of amides is 1. The molecule has 1 fully saturated rings. The average Bonchev–Trinajstić information content (AvgIpc) is 3.11. The van der Waals surface area contributed by atoms with E-state index in [-0.39, 0.29) is 18.4 Å². The minimum Gasteiger partial charge on any atom is -0.481 e. The number of carbonyl (C=O) groups is 2. The van der Waals surface area contributed by atoms with Crippen LogP contribution in [0.15, 0.2) is 22.9 Å². The van der Waals surface area contributed by atoms with Gasteiger partial charge in [0.15, 0.2) is 0 Å². The van der Waals surface area contributed by atoms with Gasteiger partial charge in [0.1, 0.15) is 4.60 Å². The van der Waals surface area contributed by atoms with E-state index in [0.717, 1.165) is 12.8 Å². The number of rotatable bonds is 5. The number of nitrogens with zero attached hydrogens (tertiary/aromatic N) is 1. The lowest BCUT2D eigenvalue weighted by molar-refractivity contribution is -0.137. The minimum atomic E-state index is -0.886. The van der Waals surface area contributed by atoms with Crippen molar-refractivity contribution in [2.45, 2.75) is 25.3 Å². The fourth-order valence-electron chi connectivity index (χ4n) is 1.82. The Morgan fingerprint density at radius 3 is 2.83 bits per heavy atom. The third-order valence-corrected chi connectivity index (χ3v) is 3.32. The molecular formula is C12H13BrN2O3. The highest BCUT2D eigenvalue weighted by molar-refractivity contribution is 9.10. The molecule has 5 nitrogen and oxygen atoms in total. The van der Waals surface area contributed by atoms with Gasteiger partial charge in [0.2, 0.25) is 0 Å². The summed E-state index contributed by atoms with van der Waals surface area (Å²) in [4.78, 5) is 26.7. The van der Waals surface area contributed by atoms with Crippen molar-refractivity contribution in [1.82, 2.24) is 10.3 Å². The molecule has 6 heteroatoms. The normalized spacial score (nSPS) is 16.1. The molecule has 1 heterocycles. The van der Waals surface area contributed by atoms with Crippen molar-refractivity contribution in [3.05, 3.63) is 28.5 Å². The predicted molar refractivity (Wildman–Crippen MR) is 68.2 cm³/mol. The summed E-state index contributed by atoms with van der Waals surface area (Å²) in [7, 11) is 0. The van der Waals surface area contributed by atoms with Crippen molar-refractivity contribution in [2.75, 3.05) is 0 Å². The molecule has 0 saturated heterocycles. The number of hydrogen-bond donors (Lipinski definition) is 2. The van der Waals surface area contributed by atoms with Crippen LogP contribution >= 0.6 is 15.9 Å². The van der Waals surface area contributed by atoms with E-state index in [1.54, 1.807) is 12.1 Å². The van der Waals surface area contributed by atoms with Crippen LogP contribution < -0.4 is 5.32 Å². The summed E-state index contributed by atoms with van der Waals surface area (Å²) in [5, 5.41) is 11.6. The van der Waals surface area contributed by atoms with Crippen molar-refractivity contribution in [3.8, 4) is 0 Å². The van der Waals surface area contributed by atoms with Crippen molar-refractivity contribution >= 4 is 27.8 Å². The van der Waals surface area contributed by atoms with Gasteiger partial charge in [0.25, 0.3) is 5.91 Å². The number of carboxylic acids is 1. The Morgan fingerprint density at radius 1 is 1.56 bits per heavy atom. The molecule has 1 amide bonds. The van der Waals surface area contributed by atoms with E-state index < -0.39 is 5.97 Å². The first-order chi connectivity index (χ1) is 8.56. The first kappa shape index (κ1) is 13.0. The summed E-state index contributed by atoms with van der Waals surface area (Å²) in [6.45, 7) is 0. The number of aromatic nitrogens is 1. The maximum Gasteiger partial charge on any atom is 0.305 e. The molecule has 0 spiro atoms. The van der Waals surface area contributed by atoms with E-state index in [2.05, 4.69) is 26.2 Å². The van der Waals surface area contributed by atoms with Gasteiger partial charge in [-0.15, -0.1) is 0 Å². The molecule has 1 unspecified atom stereocenters. The fraction of sp³-hybridized carbons (Fsp3) is 0.417. The van der Waals surface area contributed by atoms with Gasteiger partial charge in [-0.1, -0.05) is 0 Å². The number of carbonyl (C=O) groups excluding carboxylic acids is 1. The zero-order valence-electron chi connectivity index (χ0n) is 9.60. The van der Waals surface area contributed by atoms with Crippen LogP contribution in [0.25, 0.3) is 0 Å². The van der Waals surface area contributed by atoms with Crippen LogP contribution in [-0.2, 0) is 4.79 Å². The van der Waals surface area contributed by atoms with Gasteiger partial charge in [-0.3, -0.25) is 9.59 Å². The molecule has 2 rings (SSSR count). The topological polar surface area (TPSA) is 79.3 Å². The number of halogens is 1. The van der Waals surface area contributed by atoms with Crippen LogP contribution in [0.1, 0.15) is 29.6 Å². The Balaban J connectivity index is 2.02. The van der Waals surface area contributed by atoms with E-state index in [4.69, 9.17) is 5.11 Å². The summed E-state index contributed by atoms with van der Waals surface area (Å²) < 4.78 is 0.580. The third-order valence-electron chi connectivity index (χ3n) is 2.89. The summed E-state index contributed by atoms with van der Waals surface area (Å²) in [5.41, 5.74) is 0.480. The second-order valence-electron chi connectivity index (χ2n) is 4.38. The smallest absolute Gasteiger partial charge is 0.305 e. The molecule has 0 aromatic carbocycles. The second-order valence-corrected chi connectivity index (χ2v) is 5.19. The Bertz CT molecular complexity index is 474. The van der Waals surface area contributed by atoms with Crippen LogP contribution in [-0.4, -0.2) is 28.0 Å². The zero-order chi connectivity index (χ0) is 13.1. The lowest BCUT2D eigenvalue weighted by Crippen LogP contribution is -2.38. The van der Waals surface area contributed by atoms with Crippen LogP contribution in [0, 0.1) is 5.92 Å². The Morgan fingerprint density at radius 2 is 2.28 bits per heavy atom. The standard InChI is InChI=1S/C12H13BrN2O3/c13-10-5-8(3-4-14-10)12(18)15-9(6-11(16)17)7-1-2-7/h3-5,7,9H,1-2,6H2,(H,15,18)(H,16,17). The van der Waals surface area contributed by atoms with Gasteiger partial charge < -0.3 is 10.4 Å². The van der Waals surface area contributed by atoms with E-state index in [9.17, 15) is 9.59 Å². The van der Waals surface area contributed by atoms with Crippen molar-refractivity contribution in [1.29, 1.82) is 0 Å². The third kappa shape index (κ3) is 3.53. The number of nitrogens with one attached hydrogen (secondary N) is 1. The number of pyridine rings is 1. The van der Waals surface area contributed by atoms with Crippen molar-refractivity contribution in [2.24, 2.45) is 5.92 Å². The summed E-state index contributed by atoms with van der Waals surface area (Å²) in [6, 6.07) is 2.94. The Kier molecular flexibility index (Phi) is 3.96. The summed E-state index contributed by atoms with van der Waals surface area (Å²) in [6.07, 6.45) is 3.47. The van der Waals surface area contributed by atoms with Crippen LogP contribution in [0.3, 0.4) is 0 Å². The van der Waals surface area contributed by atoms with E-state index in [1.165, 1.54) is 6.20 Å². The Labute approximate surface area is 113 Å². The molecule has 18 heavy (non-hydrogen) atoms. The molecule has 0 bridgehead atoms. The molecular weight excluding hydrogens is 300 g/mol. The minimum absolute atomic E-state index is 0.0251. The molecule has 0 aliphatic heterocycles. The highest BCUT2D eigenvalue weighted by Gasteiger charge is 2.33. The van der Waals surface area contributed by atoms with Gasteiger partial charge in [-0.05, 0) is 46.8 Å². The molecule has 1 aliphatic carbocycles. The van der Waals surface area contributed by atoms with E-state index in [0.29, 0.717) is 16.1 Å². The zero-order valence-corrected chi connectivity index (χ0v) is 11.2. The maximum atomic E-state index is 12.0. The van der Waals surface area contributed by atoms with Crippen molar-refractivity contribution in [3.63, 3.8) is 0 Å². The quantitative estimate of drug-likeness (QED) is 0.813. The molecule has 0 radical (unpaired) electrons. The van der Waals surface area contributed by atoms with E-state index >= 15 is 0 Å². The second kappa shape index (κ2) is 5.48. The van der Waals surface area contributed by atoms with Crippen LogP contribution in [0.4, 0.5) is 0 Å². The number of carboxylic acid groups (broad SMARTS) is 1. The van der Waals surface area contributed by atoms with E-state index in [1.807, 2.05) is 0 Å². The number of hydrogen-bond acceptors (Lipinski definition) is 3. The average molecular weight is 313 g/mol. The molecule has 1 aromatic rings. The van der Waals surface area contributed by atoms with Gasteiger partial charge >= 0.3 is 5.97 Å². The van der Waals surface area contributed by atoms with Crippen LogP contribution in [0.2, 0.25) is 0 Å². The molecule has 96 valence electrons. The maximum absolute atomic E-state index is 12.0. The molecule has 1 saturated carbocycles. The Hall–Kier alpha value is -1.43. The fourth-order valence-corrected chi connectivity index (χ4v) is 2.18. The molecule has 1 aliphatic rings. The monoisotopic (exact) mass is 312 g/mol. The van der Waals surface area contributed by atoms with Gasteiger partial charge in [0.05, 0.1) is 6.42 Å². The van der Waals surface area contributed by atoms with Crippen molar-refractivity contribution < 1.29 is 14.7 Å². The first-order valence-electron chi connectivity index (χ1n) is 5.70. The lowest BCUT2D eigenvalue weighted by atomic mass is 10.1. The van der Waals surface area contributed by atoms with Gasteiger partial charge in [0, 0.05) is 17.8 Å². The van der Waals surface area contributed by atoms with Crippen LogP contribution in [0.5, 0.6) is 0 Å². The highest BCUT2D eigenvalue weighted by atomic mass is 79.9. The first-order valence-corrected chi connectivity index (χ1v) is 6.50. The highest BCUT2D eigenvalue weighted by Crippen LogP contribution is 2.34. The number of aliphatic carboxylic acids is 1. The molecule has 2 N–H and O–H groups in total.